The molecule has 32 heavy (non-hydrogen) atoms. The molecular weight excluding hydrogens is 421 g/mol. The first-order chi connectivity index (χ1) is 15.5. The van der Waals surface area contributed by atoms with Crippen LogP contribution in [0.2, 0.25) is 0 Å². The highest BCUT2D eigenvalue weighted by Crippen LogP contribution is 2.49. The molecule has 0 bridgehead atoms. The Hall–Kier alpha value is -1.87. The molecule has 2 heterocycles. The zero-order valence-corrected chi connectivity index (χ0v) is 18.0. The van der Waals surface area contributed by atoms with Crippen LogP contribution in [0.15, 0.2) is 42.5 Å². The summed E-state index contributed by atoms with van der Waals surface area (Å²) < 4.78 is 51.9. The molecule has 4 rings (SSSR count). The quantitative estimate of drug-likeness (QED) is 0.519. The van der Waals surface area contributed by atoms with Gasteiger partial charge in [0.2, 0.25) is 0 Å². The maximum absolute atomic E-state index is 13.4. The summed E-state index contributed by atoms with van der Waals surface area (Å²) in [6, 6.07) is 4.07. The number of anilines is 1. The normalized spacial score (nSPS) is 29.3. The summed E-state index contributed by atoms with van der Waals surface area (Å²) in [5.41, 5.74) is 0.700. The number of aliphatic hydroxyl groups excluding tert-OH is 1. The average Bonchev–Trinajstić information content (AvgIpc) is 2.80. The summed E-state index contributed by atoms with van der Waals surface area (Å²) in [6.45, 7) is 2.04. The van der Waals surface area contributed by atoms with E-state index in [9.17, 15) is 13.2 Å². The molecule has 3 N–H and O–H groups in total. The predicted molar refractivity (Wildman–Crippen MR) is 116 cm³/mol. The molecule has 1 fully saturated rings. The minimum Gasteiger partial charge on any atom is -0.394 e. The van der Waals surface area contributed by atoms with Crippen LogP contribution in [-0.4, -0.2) is 50.2 Å². The van der Waals surface area contributed by atoms with E-state index in [1.54, 1.807) is 6.07 Å². The summed E-state index contributed by atoms with van der Waals surface area (Å²) >= 11 is 0. The van der Waals surface area contributed by atoms with Gasteiger partial charge in [0, 0.05) is 42.2 Å². The summed E-state index contributed by atoms with van der Waals surface area (Å²) in [5, 5.41) is 15.6. The van der Waals surface area contributed by atoms with E-state index in [0.717, 1.165) is 31.0 Å². The number of ether oxygens (including phenoxy) is 2. The van der Waals surface area contributed by atoms with Crippen molar-refractivity contribution in [2.24, 2.45) is 11.8 Å². The van der Waals surface area contributed by atoms with Crippen molar-refractivity contribution in [3.8, 4) is 0 Å². The molecule has 5 nitrogen and oxygen atoms in total. The van der Waals surface area contributed by atoms with Crippen LogP contribution in [0.1, 0.15) is 36.5 Å². The van der Waals surface area contributed by atoms with Gasteiger partial charge in [-0.05, 0) is 37.5 Å². The van der Waals surface area contributed by atoms with Crippen molar-refractivity contribution in [1.82, 2.24) is 5.32 Å². The number of hydrogen-bond acceptors (Lipinski definition) is 5. The molecule has 5 atom stereocenters. The lowest BCUT2D eigenvalue weighted by Gasteiger charge is -2.47. The Morgan fingerprint density at radius 3 is 2.81 bits per heavy atom. The molecule has 0 aromatic heterocycles. The van der Waals surface area contributed by atoms with Crippen molar-refractivity contribution in [3.05, 3.63) is 53.6 Å². The van der Waals surface area contributed by atoms with Gasteiger partial charge in [0.05, 0.1) is 37.6 Å². The lowest BCUT2D eigenvalue weighted by molar-refractivity contribution is -0.138. The van der Waals surface area contributed by atoms with Gasteiger partial charge < -0.3 is 25.2 Å². The number of hydrogen-bond donors (Lipinski definition) is 3. The standard InChI is InChI=1S/C24H31F3N2O3/c25-24(26,27)17-6-9-21-20(14-17)23-19(22(29-21)16-4-2-1-3-5-16)8-7-18(32-23)15-28-10-12-31-13-11-30/h1-4,6,9,14,16,18-19,22-23,28-30H,5,7-8,10-13,15H2/t16?,18-,19+,22+,23+/m1/s1. The second-order valence-electron chi connectivity index (χ2n) is 8.64. The Morgan fingerprint density at radius 2 is 2.06 bits per heavy atom. The molecular formula is C24H31F3N2O3. The highest BCUT2D eigenvalue weighted by atomic mass is 19.4. The lowest BCUT2D eigenvalue weighted by atomic mass is 9.73. The van der Waals surface area contributed by atoms with Crippen LogP contribution in [0.3, 0.4) is 0 Å². The van der Waals surface area contributed by atoms with Gasteiger partial charge in [-0.15, -0.1) is 0 Å². The summed E-state index contributed by atoms with van der Waals surface area (Å²) in [5.74, 6) is 0.390. The maximum Gasteiger partial charge on any atom is 0.416 e. The summed E-state index contributed by atoms with van der Waals surface area (Å²) in [4.78, 5) is 0. The first-order valence-corrected chi connectivity index (χ1v) is 11.3. The fourth-order valence-electron chi connectivity index (χ4n) is 4.99. The fraction of sp³-hybridized carbons (Fsp3) is 0.583. The molecule has 2 aliphatic heterocycles. The van der Waals surface area contributed by atoms with Crippen molar-refractivity contribution in [2.75, 3.05) is 38.2 Å². The molecule has 1 aliphatic carbocycles. The molecule has 176 valence electrons. The monoisotopic (exact) mass is 452 g/mol. The van der Waals surface area contributed by atoms with Crippen LogP contribution < -0.4 is 10.6 Å². The lowest BCUT2D eigenvalue weighted by Crippen LogP contribution is -2.48. The molecule has 0 spiro atoms. The Labute approximate surface area is 186 Å². The highest BCUT2D eigenvalue weighted by molar-refractivity contribution is 5.58. The molecule has 1 aromatic rings. The molecule has 0 amide bonds. The highest BCUT2D eigenvalue weighted by Gasteiger charge is 2.44. The maximum atomic E-state index is 13.4. The fourth-order valence-corrected chi connectivity index (χ4v) is 4.99. The molecule has 0 radical (unpaired) electrons. The Bertz CT molecular complexity index is 827. The van der Waals surface area contributed by atoms with E-state index in [0.29, 0.717) is 31.9 Å². The third-order valence-corrected chi connectivity index (χ3v) is 6.52. The van der Waals surface area contributed by atoms with Crippen LogP contribution in [0, 0.1) is 11.8 Å². The zero-order valence-electron chi connectivity index (χ0n) is 18.0. The smallest absolute Gasteiger partial charge is 0.394 e. The van der Waals surface area contributed by atoms with Crippen molar-refractivity contribution >= 4 is 5.69 Å². The van der Waals surface area contributed by atoms with Crippen LogP contribution in [0.5, 0.6) is 0 Å². The minimum atomic E-state index is -4.39. The van der Waals surface area contributed by atoms with Gasteiger partial charge in [0.1, 0.15) is 0 Å². The predicted octanol–water partition coefficient (Wildman–Crippen LogP) is 4.07. The molecule has 1 aromatic carbocycles. The number of aliphatic hydroxyl groups is 1. The first-order valence-electron chi connectivity index (χ1n) is 11.3. The van der Waals surface area contributed by atoms with Gasteiger partial charge in [-0.3, -0.25) is 0 Å². The second kappa shape index (κ2) is 10.4. The molecule has 1 saturated heterocycles. The summed E-state index contributed by atoms with van der Waals surface area (Å²) in [7, 11) is 0. The van der Waals surface area contributed by atoms with E-state index in [1.165, 1.54) is 6.07 Å². The second-order valence-corrected chi connectivity index (χ2v) is 8.64. The number of nitrogens with one attached hydrogen (secondary N) is 2. The van der Waals surface area contributed by atoms with Gasteiger partial charge in [-0.2, -0.15) is 13.2 Å². The molecule has 1 unspecified atom stereocenters. The van der Waals surface area contributed by atoms with Gasteiger partial charge in [-0.25, -0.2) is 0 Å². The first kappa shape index (κ1) is 23.3. The van der Waals surface area contributed by atoms with Crippen molar-refractivity contribution in [2.45, 2.75) is 43.7 Å². The van der Waals surface area contributed by atoms with Gasteiger partial charge in [-0.1, -0.05) is 24.3 Å². The summed E-state index contributed by atoms with van der Waals surface area (Å²) in [6.07, 6.45) is 6.22. The third-order valence-electron chi connectivity index (χ3n) is 6.52. The molecule has 0 saturated carbocycles. The Kier molecular flexibility index (Phi) is 7.55. The van der Waals surface area contributed by atoms with E-state index in [1.807, 2.05) is 12.2 Å². The van der Waals surface area contributed by atoms with Crippen LogP contribution >= 0.6 is 0 Å². The van der Waals surface area contributed by atoms with E-state index < -0.39 is 11.7 Å². The van der Waals surface area contributed by atoms with Crippen molar-refractivity contribution in [1.29, 1.82) is 0 Å². The van der Waals surface area contributed by atoms with Gasteiger partial charge >= 0.3 is 6.18 Å². The largest absolute Gasteiger partial charge is 0.416 e. The number of fused-ring (bicyclic) bond motifs is 3. The average molecular weight is 453 g/mol. The third kappa shape index (κ3) is 5.36. The van der Waals surface area contributed by atoms with E-state index in [2.05, 4.69) is 22.8 Å². The van der Waals surface area contributed by atoms with Crippen molar-refractivity contribution in [3.63, 3.8) is 0 Å². The number of rotatable bonds is 8. The van der Waals surface area contributed by atoms with E-state index in [-0.39, 0.29) is 36.7 Å². The number of alkyl halides is 3. The topological polar surface area (TPSA) is 62.8 Å². The minimum absolute atomic E-state index is 0.00466. The molecule has 8 heteroatoms. The zero-order chi connectivity index (χ0) is 22.6. The SMILES string of the molecule is OCCOCCNC[C@H]1CC[C@@H]2[C@H](O1)c1cc(C(F)(F)F)ccc1N[C@H]2C1C=CC=CC1. The van der Waals surface area contributed by atoms with E-state index >= 15 is 0 Å². The van der Waals surface area contributed by atoms with E-state index in [4.69, 9.17) is 14.6 Å². The van der Waals surface area contributed by atoms with Crippen LogP contribution in [0.25, 0.3) is 0 Å². The number of halogens is 3. The van der Waals surface area contributed by atoms with Crippen LogP contribution in [0.4, 0.5) is 18.9 Å². The van der Waals surface area contributed by atoms with Gasteiger partial charge in [0.15, 0.2) is 0 Å². The number of benzene rings is 1. The van der Waals surface area contributed by atoms with Crippen molar-refractivity contribution < 1.29 is 27.8 Å². The Morgan fingerprint density at radius 1 is 1.19 bits per heavy atom. The number of allylic oxidation sites excluding steroid dienone is 3. The van der Waals surface area contributed by atoms with Crippen LogP contribution in [-0.2, 0) is 15.7 Å². The van der Waals surface area contributed by atoms with Gasteiger partial charge in [0.25, 0.3) is 0 Å². The Balaban J connectivity index is 1.50. The molecule has 3 aliphatic rings.